The third kappa shape index (κ3) is 4.35. The molecular weight excluding hydrogens is 358 g/mol. The number of nitro groups is 1. The summed E-state index contributed by atoms with van der Waals surface area (Å²) in [6.45, 7) is 3.72. The Morgan fingerprint density at radius 3 is 2.57 bits per heavy atom. The van der Waals surface area contributed by atoms with Crippen LogP contribution in [-0.4, -0.2) is 35.0 Å². The summed E-state index contributed by atoms with van der Waals surface area (Å²) in [5.74, 6) is -0.581. The molecule has 1 aliphatic rings. The highest BCUT2D eigenvalue weighted by molar-refractivity contribution is 5.89. The fraction of sp³-hybridized carbons (Fsp3) is 0.333. The van der Waals surface area contributed by atoms with Gasteiger partial charge in [-0.05, 0) is 31.0 Å². The molecule has 1 aliphatic heterocycles. The first-order chi connectivity index (χ1) is 13.4. The van der Waals surface area contributed by atoms with Crippen LogP contribution in [0.15, 0.2) is 54.6 Å². The molecule has 1 fully saturated rings. The maximum atomic E-state index is 12.5. The van der Waals surface area contributed by atoms with Gasteiger partial charge in [0.25, 0.3) is 5.69 Å². The minimum absolute atomic E-state index is 0.0925. The molecule has 1 saturated heterocycles. The summed E-state index contributed by atoms with van der Waals surface area (Å²) in [4.78, 5) is 24.9. The standard InChI is InChI=1S/C21H21N3O4/c1-21(15-22)11-12-23(13-16-5-3-2-4-6-16)14-19(21)28-20(25)17-7-9-18(10-8-17)24(26)27/h2-10,19H,11-14H2,1H3. The molecule has 0 amide bonds. The van der Waals surface area contributed by atoms with Crippen LogP contribution in [0, 0.1) is 26.9 Å². The van der Waals surface area contributed by atoms with E-state index in [-0.39, 0.29) is 11.3 Å². The number of nitrogens with zero attached hydrogens (tertiary/aromatic N) is 3. The number of nitriles is 1. The number of esters is 1. The third-order valence-corrected chi connectivity index (χ3v) is 5.15. The molecule has 2 aromatic carbocycles. The number of carbonyl (C=O) groups is 1. The van der Waals surface area contributed by atoms with Crippen LogP contribution in [0.3, 0.4) is 0 Å². The van der Waals surface area contributed by atoms with E-state index in [1.54, 1.807) is 6.92 Å². The van der Waals surface area contributed by atoms with Crippen molar-refractivity contribution in [2.75, 3.05) is 13.1 Å². The highest BCUT2D eigenvalue weighted by Crippen LogP contribution is 2.34. The molecule has 0 radical (unpaired) electrons. The van der Waals surface area contributed by atoms with Crippen LogP contribution in [-0.2, 0) is 11.3 Å². The molecule has 7 heteroatoms. The van der Waals surface area contributed by atoms with Gasteiger partial charge in [0.15, 0.2) is 0 Å². The van der Waals surface area contributed by atoms with Crippen LogP contribution >= 0.6 is 0 Å². The number of likely N-dealkylation sites (tertiary alicyclic amines) is 1. The highest BCUT2D eigenvalue weighted by atomic mass is 16.6. The van der Waals surface area contributed by atoms with E-state index in [0.717, 1.165) is 12.1 Å². The largest absolute Gasteiger partial charge is 0.456 e. The average molecular weight is 379 g/mol. The molecule has 28 heavy (non-hydrogen) atoms. The second-order valence-corrected chi connectivity index (χ2v) is 7.20. The lowest BCUT2D eigenvalue weighted by molar-refractivity contribution is -0.384. The molecule has 144 valence electrons. The van der Waals surface area contributed by atoms with Gasteiger partial charge in [0, 0.05) is 31.8 Å². The number of benzene rings is 2. The number of carbonyl (C=O) groups excluding carboxylic acids is 1. The maximum Gasteiger partial charge on any atom is 0.338 e. The Bertz CT molecular complexity index is 892. The molecule has 2 aromatic rings. The fourth-order valence-electron chi connectivity index (χ4n) is 3.28. The van der Waals surface area contributed by atoms with E-state index in [1.807, 2.05) is 30.3 Å². The minimum Gasteiger partial charge on any atom is -0.456 e. The van der Waals surface area contributed by atoms with Crippen LogP contribution in [0.25, 0.3) is 0 Å². The van der Waals surface area contributed by atoms with E-state index in [9.17, 15) is 20.2 Å². The van der Waals surface area contributed by atoms with Gasteiger partial charge >= 0.3 is 5.97 Å². The summed E-state index contributed by atoms with van der Waals surface area (Å²) >= 11 is 0. The Hall–Kier alpha value is -3.24. The van der Waals surface area contributed by atoms with Crippen LogP contribution in [0.1, 0.15) is 29.3 Å². The van der Waals surface area contributed by atoms with Gasteiger partial charge in [-0.2, -0.15) is 5.26 Å². The first-order valence-corrected chi connectivity index (χ1v) is 9.04. The molecule has 2 atom stereocenters. The quantitative estimate of drug-likeness (QED) is 0.448. The smallest absolute Gasteiger partial charge is 0.338 e. The highest BCUT2D eigenvalue weighted by Gasteiger charge is 2.42. The Kier molecular flexibility index (Phi) is 5.71. The molecule has 0 aromatic heterocycles. The Balaban J connectivity index is 1.71. The van der Waals surface area contributed by atoms with Gasteiger partial charge in [-0.3, -0.25) is 15.0 Å². The molecule has 7 nitrogen and oxygen atoms in total. The van der Waals surface area contributed by atoms with Gasteiger partial charge in [-0.25, -0.2) is 4.79 Å². The zero-order valence-electron chi connectivity index (χ0n) is 15.6. The van der Waals surface area contributed by atoms with E-state index >= 15 is 0 Å². The fourth-order valence-corrected chi connectivity index (χ4v) is 3.28. The first-order valence-electron chi connectivity index (χ1n) is 9.04. The number of hydrogen-bond donors (Lipinski definition) is 0. The Labute approximate surface area is 163 Å². The number of piperidine rings is 1. The third-order valence-electron chi connectivity index (χ3n) is 5.15. The Morgan fingerprint density at radius 1 is 1.29 bits per heavy atom. The second kappa shape index (κ2) is 8.19. The van der Waals surface area contributed by atoms with Gasteiger partial charge in [-0.1, -0.05) is 30.3 Å². The van der Waals surface area contributed by atoms with E-state index < -0.39 is 22.4 Å². The summed E-state index contributed by atoms with van der Waals surface area (Å²) in [5, 5.41) is 20.4. The van der Waals surface area contributed by atoms with Crippen molar-refractivity contribution in [3.05, 3.63) is 75.8 Å². The van der Waals surface area contributed by atoms with Crippen LogP contribution in [0.2, 0.25) is 0 Å². The second-order valence-electron chi connectivity index (χ2n) is 7.20. The monoisotopic (exact) mass is 379 g/mol. The van der Waals surface area contributed by atoms with Gasteiger partial charge in [0.1, 0.15) is 6.10 Å². The maximum absolute atomic E-state index is 12.5. The van der Waals surface area contributed by atoms with Gasteiger partial charge in [0.05, 0.1) is 22.0 Å². The molecular formula is C21H21N3O4. The first kappa shape index (κ1) is 19.5. The average Bonchev–Trinajstić information content (AvgIpc) is 2.71. The van der Waals surface area contributed by atoms with Crippen molar-refractivity contribution in [1.82, 2.24) is 4.90 Å². The van der Waals surface area contributed by atoms with E-state index in [0.29, 0.717) is 19.5 Å². The SMILES string of the molecule is CC1(C#N)CCN(Cc2ccccc2)CC1OC(=O)c1ccc([N+](=O)[O-])cc1. The predicted octanol–water partition coefficient (Wildman–Crippen LogP) is 3.56. The van der Waals surface area contributed by atoms with Gasteiger partial charge in [0.2, 0.25) is 0 Å². The van der Waals surface area contributed by atoms with E-state index in [4.69, 9.17) is 4.74 Å². The van der Waals surface area contributed by atoms with Crippen molar-refractivity contribution in [1.29, 1.82) is 5.26 Å². The molecule has 0 bridgehead atoms. The molecule has 0 spiro atoms. The number of rotatable bonds is 5. The molecule has 3 rings (SSSR count). The molecule has 0 aliphatic carbocycles. The topological polar surface area (TPSA) is 96.5 Å². The lowest BCUT2D eigenvalue weighted by Gasteiger charge is -2.41. The molecule has 1 heterocycles. The normalized spacial score (nSPS) is 22.2. The van der Waals surface area contributed by atoms with Crippen LogP contribution in [0.5, 0.6) is 0 Å². The van der Waals surface area contributed by atoms with E-state index in [1.165, 1.54) is 24.3 Å². The molecule has 0 saturated carbocycles. The predicted molar refractivity (Wildman–Crippen MR) is 102 cm³/mol. The summed E-state index contributed by atoms with van der Waals surface area (Å²) in [6, 6.07) is 17.6. The number of non-ortho nitro benzene ring substituents is 1. The van der Waals surface area contributed by atoms with Gasteiger partial charge in [-0.15, -0.1) is 0 Å². The zero-order chi connectivity index (χ0) is 20.1. The zero-order valence-corrected chi connectivity index (χ0v) is 15.6. The summed E-state index contributed by atoms with van der Waals surface area (Å²) < 4.78 is 5.68. The van der Waals surface area contributed by atoms with Crippen molar-refractivity contribution in [2.45, 2.75) is 26.0 Å². The number of hydrogen-bond acceptors (Lipinski definition) is 6. The van der Waals surface area contributed by atoms with Crippen molar-refractivity contribution in [3.63, 3.8) is 0 Å². The summed E-state index contributed by atoms with van der Waals surface area (Å²) in [7, 11) is 0. The lowest BCUT2D eigenvalue weighted by atomic mass is 9.79. The van der Waals surface area contributed by atoms with E-state index in [2.05, 4.69) is 11.0 Å². The van der Waals surface area contributed by atoms with Crippen molar-refractivity contribution in [2.24, 2.45) is 5.41 Å². The summed E-state index contributed by atoms with van der Waals surface area (Å²) in [5.41, 5.74) is 0.517. The molecule has 2 unspecified atom stereocenters. The van der Waals surface area contributed by atoms with Crippen LogP contribution < -0.4 is 0 Å². The molecule has 0 N–H and O–H groups in total. The number of ether oxygens (including phenoxy) is 1. The lowest BCUT2D eigenvalue weighted by Crippen LogP contribution is -2.50. The van der Waals surface area contributed by atoms with Crippen molar-refractivity contribution in [3.8, 4) is 6.07 Å². The number of nitro benzene ring substituents is 1. The minimum atomic E-state index is -0.774. The van der Waals surface area contributed by atoms with Gasteiger partial charge < -0.3 is 4.74 Å². The van der Waals surface area contributed by atoms with Crippen LogP contribution in [0.4, 0.5) is 5.69 Å². The Morgan fingerprint density at radius 2 is 1.96 bits per heavy atom. The summed E-state index contributed by atoms with van der Waals surface area (Å²) in [6.07, 6.45) is 0.00630. The van der Waals surface area contributed by atoms with Crippen molar-refractivity contribution < 1.29 is 14.5 Å². The van der Waals surface area contributed by atoms with Crippen molar-refractivity contribution >= 4 is 11.7 Å².